The Morgan fingerprint density at radius 3 is 2.35 bits per heavy atom. The summed E-state index contributed by atoms with van der Waals surface area (Å²) in [7, 11) is 4.69. The first-order valence-electron chi connectivity index (χ1n) is 10.9. The van der Waals surface area contributed by atoms with Crippen molar-refractivity contribution >= 4 is 23.3 Å². The lowest BCUT2D eigenvalue weighted by Crippen LogP contribution is -2.29. The van der Waals surface area contributed by atoms with Crippen molar-refractivity contribution in [1.29, 1.82) is 0 Å². The molecule has 34 heavy (non-hydrogen) atoms. The monoisotopic (exact) mass is 461 g/mol. The van der Waals surface area contributed by atoms with Crippen LogP contribution in [-0.4, -0.2) is 39.8 Å². The number of carbonyl (C=O) groups is 2. The number of urea groups is 1. The number of rotatable bonds is 7. The molecule has 4 rings (SSSR count). The molecule has 8 nitrogen and oxygen atoms in total. The third-order valence-electron chi connectivity index (χ3n) is 5.72. The van der Waals surface area contributed by atoms with Crippen LogP contribution in [0.5, 0.6) is 17.2 Å². The number of fused-ring (bicyclic) bond motifs is 1. The summed E-state index contributed by atoms with van der Waals surface area (Å²) in [5.74, 6) is 1.76. The zero-order valence-electron chi connectivity index (χ0n) is 19.4. The van der Waals surface area contributed by atoms with Crippen LogP contribution in [0, 0.1) is 0 Å². The maximum atomic E-state index is 13.1. The van der Waals surface area contributed by atoms with Crippen molar-refractivity contribution in [2.24, 2.45) is 0 Å². The minimum absolute atomic E-state index is 0.0577. The molecule has 0 spiro atoms. The van der Waals surface area contributed by atoms with Gasteiger partial charge in [0, 0.05) is 36.1 Å². The smallest absolute Gasteiger partial charge is 0.319 e. The lowest BCUT2D eigenvalue weighted by molar-refractivity contribution is 0.0989. The Morgan fingerprint density at radius 2 is 1.65 bits per heavy atom. The summed E-state index contributed by atoms with van der Waals surface area (Å²) in [6.45, 7) is 0.938. The Morgan fingerprint density at radius 1 is 0.882 bits per heavy atom. The molecule has 0 bridgehead atoms. The van der Waals surface area contributed by atoms with Crippen LogP contribution in [0.3, 0.4) is 0 Å². The molecule has 0 fully saturated rings. The van der Waals surface area contributed by atoms with Gasteiger partial charge in [0.05, 0.1) is 21.3 Å². The number of hydrogen-bond donors (Lipinski definition) is 2. The minimum Gasteiger partial charge on any atom is -0.497 e. The standard InChI is InChI=1S/C26H27N3O5/c1-32-21-9-6-19(7-10-21)25(30)29-13-12-18-5-4-17(14-22(18)29)16-27-26(31)28-20-8-11-23(33-2)24(15-20)34-3/h4-11,14-15H,12-13,16H2,1-3H3,(H2,27,28,31). The van der Waals surface area contributed by atoms with Crippen LogP contribution < -0.4 is 29.7 Å². The average Bonchev–Trinajstić information content (AvgIpc) is 3.30. The quantitative estimate of drug-likeness (QED) is 0.550. The van der Waals surface area contributed by atoms with Crippen LogP contribution in [0.15, 0.2) is 60.7 Å². The Balaban J connectivity index is 1.41. The number of nitrogens with one attached hydrogen (secondary N) is 2. The highest BCUT2D eigenvalue weighted by atomic mass is 16.5. The van der Waals surface area contributed by atoms with E-state index in [-0.39, 0.29) is 11.9 Å². The normalized spacial score (nSPS) is 12.0. The van der Waals surface area contributed by atoms with E-state index in [4.69, 9.17) is 14.2 Å². The molecule has 0 radical (unpaired) electrons. The molecule has 0 aliphatic carbocycles. The second kappa shape index (κ2) is 10.2. The maximum Gasteiger partial charge on any atom is 0.319 e. The van der Waals surface area contributed by atoms with Gasteiger partial charge in [-0.3, -0.25) is 4.79 Å². The van der Waals surface area contributed by atoms with Crippen LogP contribution in [0.25, 0.3) is 0 Å². The zero-order chi connectivity index (χ0) is 24.1. The number of hydrogen-bond acceptors (Lipinski definition) is 5. The third-order valence-corrected chi connectivity index (χ3v) is 5.72. The lowest BCUT2D eigenvalue weighted by atomic mass is 10.1. The van der Waals surface area contributed by atoms with Crippen LogP contribution in [0.2, 0.25) is 0 Å². The van der Waals surface area contributed by atoms with Gasteiger partial charge in [-0.25, -0.2) is 4.79 Å². The molecule has 2 N–H and O–H groups in total. The van der Waals surface area contributed by atoms with E-state index in [0.717, 1.165) is 23.2 Å². The first-order chi connectivity index (χ1) is 16.5. The fourth-order valence-corrected chi connectivity index (χ4v) is 3.91. The predicted octanol–water partition coefficient (Wildman–Crippen LogP) is 4.24. The van der Waals surface area contributed by atoms with Gasteiger partial charge in [-0.1, -0.05) is 12.1 Å². The number of anilines is 2. The Bertz CT molecular complexity index is 1190. The lowest BCUT2D eigenvalue weighted by Gasteiger charge is -2.18. The van der Waals surface area contributed by atoms with Crippen molar-refractivity contribution in [3.05, 3.63) is 77.4 Å². The summed E-state index contributed by atoms with van der Waals surface area (Å²) in [5, 5.41) is 5.64. The van der Waals surface area contributed by atoms with Crippen LogP contribution in [-0.2, 0) is 13.0 Å². The molecular formula is C26H27N3O5. The van der Waals surface area contributed by atoms with Crippen molar-refractivity contribution in [2.45, 2.75) is 13.0 Å². The molecule has 3 amide bonds. The SMILES string of the molecule is COc1ccc(C(=O)N2CCc3ccc(CNC(=O)Nc4ccc(OC)c(OC)c4)cc32)cc1. The predicted molar refractivity (Wildman–Crippen MR) is 130 cm³/mol. The van der Waals surface area contributed by atoms with E-state index in [1.54, 1.807) is 61.6 Å². The van der Waals surface area contributed by atoms with Crippen molar-refractivity contribution in [3.63, 3.8) is 0 Å². The first kappa shape index (κ1) is 23.0. The molecule has 1 aliphatic heterocycles. The largest absolute Gasteiger partial charge is 0.497 e. The first-order valence-corrected chi connectivity index (χ1v) is 10.9. The van der Waals surface area contributed by atoms with Gasteiger partial charge >= 0.3 is 6.03 Å². The van der Waals surface area contributed by atoms with Gasteiger partial charge in [0.15, 0.2) is 11.5 Å². The number of benzene rings is 3. The molecule has 8 heteroatoms. The molecule has 0 saturated carbocycles. The molecule has 0 atom stereocenters. The molecule has 1 aliphatic rings. The van der Waals surface area contributed by atoms with Gasteiger partial charge in [0.25, 0.3) is 5.91 Å². The maximum absolute atomic E-state index is 13.1. The van der Waals surface area contributed by atoms with Crippen LogP contribution in [0.4, 0.5) is 16.2 Å². The molecule has 0 aromatic heterocycles. The highest BCUT2D eigenvalue weighted by Crippen LogP contribution is 2.31. The van der Waals surface area contributed by atoms with E-state index in [9.17, 15) is 9.59 Å². The van der Waals surface area contributed by atoms with Crippen molar-refractivity contribution in [2.75, 3.05) is 38.1 Å². The van der Waals surface area contributed by atoms with E-state index < -0.39 is 0 Å². The number of nitrogens with zero attached hydrogens (tertiary/aromatic N) is 1. The highest BCUT2D eigenvalue weighted by molar-refractivity contribution is 6.07. The Hall–Kier alpha value is -4.20. The van der Waals surface area contributed by atoms with E-state index in [2.05, 4.69) is 10.6 Å². The third kappa shape index (κ3) is 4.91. The van der Waals surface area contributed by atoms with Crippen LogP contribution in [0.1, 0.15) is 21.5 Å². The number of ether oxygens (including phenoxy) is 3. The molecule has 3 aromatic rings. The van der Waals surface area contributed by atoms with Crippen molar-refractivity contribution < 1.29 is 23.8 Å². The van der Waals surface area contributed by atoms with Gasteiger partial charge in [-0.15, -0.1) is 0 Å². The number of methoxy groups -OCH3 is 3. The molecule has 176 valence electrons. The molecule has 1 heterocycles. The Labute approximate surface area is 198 Å². The van der Waals surface area contributed by atoms with Crippen LogP contribution >= 0.6 is 0 Å². The summed E-state index contributed by atoms with van der Waals surface area (Å²) in [6, 6.07) is 17.8. The summed E-state index contributed by atoms with van der Waals surface area (Å²) in [4.78, 5) is 27.3. The van der Waals surface area contributed by atoms with E-state index >= 15 is 0 Å². The second-order valence-electron chi connectivity index (χ2n) is 7.78. The summed E-state index contributed by atoms with van der Waals surface area (Å²) < 4.78 is 15.7. The summed E-state index contributed by atoms with van der Waals surface area (Å²) in [5.41, 5.74) is 4.07. The van der Waals surface area contributed by atoms with E-state index in [1.807, 2.05) is 18.2 Å². The topological polar surface area (TPSA) is 89.1 Å². The fraction of sp³-hybridized carbons (Fsp3) is 0.231. The van der Waals surface area contributed by atoms with E-state index in [0.29, 0.717) is 41.6 Å². The summed E-state index contributed by atoms with van der Waals surface area (Å²) >= 11 is 0. The van der Waals surface area contributed by atoms with Crippen molar-refractivity contribution in [1.82, 2.24) is 5.32 Å². The number of amides is 3. The highest BCUT2D eigenvalue weighted by Gasteiger charge is 2.26. The zero-order valence-corrected chi connectivity index (χ0v) is 19.4. The van der Waals surface area contributed by atoms with Gasteiger partial charge < -0.3 is 29.7 Å². The summed E-state index contributed by atoms with van der Waals surface area (Å²) in [6.07, 6.45) is 0.796. The second-order valence-corrected chi connectivity index (χ2v) is 7.78. The van der Waals surface area contributed by atoms with Gasteiger partial charge in [0.1, 0.15) is 5.75 Å². The molecule has 3 aromatic carbocycles. The van der Waals surface area contributed by atoms with Gasteiger partial charge in [-0.05, 0) is 60.0 Å². The fourth-order valence-electron chi connectivity index (χ4n) is 3.91. The molecule has 0 saturated heterocycles. The molecule has 0 unspecified atom stereocenters. The van der Waals surface area contributed by atoms with Gasteiger partial charge in [0.2, 0.25) is 0 Å². The minimum atomic E-state index is -0.348. The van der Waals surface area contributed by atoms with Gasteiger partial charge in [-0.2, -0.15) is 0 Å². The Kier molecular flexibility index (Phi) is 6.87. The molecular weight excluding hydrogens is 434 g/mol. The number of carbonyl (C=O) groups excluding carboxylic acids is 2. The average molecular weight is 462 g/mol. The van der Waals surface area contributed by atoms with Crippen molar-refractivity contribution in [3.8, 4) is 17.2 Å². The van der Waals surface area contributed by atoms with E-state index in [1.165, 1.54) is 7.11 Å².